The molecule has 0 aliphatic rings. The van der Waals surface area contributed by atoms with Crippen LogP contribution >= 0.6 is 12.6 Å². The van der Waals surface area contributed by atoms with Crippen molar-refractivity contribution in [3.05, 3.63) is 29.3 Å². The lowest BCUT2D eigenvalue weighted by molar-refractivity contribution is 0.0693. The van der Waals surface area contributed by atoms with Crippen LogP contribution in [0.25, 0.3) is 0 Å². The Hall–Kier alpha value is -1.47. The van der Waals surface area contributed by atoms with Gasteiger partial charge in [-0.1, -0.05) is 6.07 Å². The Morgan fingerprint density at radius 1 is 1.57 bits per heavy atom. The van der Waals surface area contributed by atoms with Crippen LogP contribution in [0.5, 0.6) is 0 Å². The van der Waals surface area contributed by atoms with Crippen LogP contribution in [-0.4, -0.2) is 11.1 Å². The van der Waals surface area contributed by atoms with E-state index in [0.717, 1.165) is 5.56 Å². The Kier molecular flexibility index (Phi) is 3.55. The van der Waals surface area contributed by atoms with Gasteiger partial charge in [0.1, 0.15) is 0 Å². The highest BCUT2D eigenvalue weighted by atomic mass is 32.1. The average molecular weight is 207 g/mol. The molecular formula is C10H9NO2S. The third-order valence-corrected chi connectivity index (χ3v) is 2.21. The normalized spacial score (nSPS) is 9.43. The van der Waals surface area contributed by atoms with E-state index in [1.54, 1.807) is 18.2 Å². The minimum absolute atomic E-state index is 0.184. The van der Waals surface area contributed by atoms with E-state index in [4.69, 9.17) is 10.4 Å². The molecule has 72 valence electrons. The van der Waals surface area contributed by atoms with Gasteiger partial charge in [0.15, 0.2) is 0 Å². The van der Waals surface area contributed by atoms with E-state index >= 15 is 0 Å². The SMILES string of the molecule is N#CCCc1ccc(S)c(C(=O)O)c1. The Bertz CT molecular complexity index is 396. The van der Waals surface area contributed by atoms with Crippen LogP contribution in [-0.2, 0) is 6.42 Å². The Morgan fingerprint density at radius 3 is 2.86 bits per heavy atom. The second-order valence-electron chi connectivity index (χ2n) is 2.81. The average Bonchev–Trinajstić information content (AvgIpc) is 2.16. The number of hydrogen-bond donors (Lipinski definition) is 2. The summed E-state index contributed by atoms with van der Waals surface area (Å²) >= 11 is 4.03. The smallest absolute Gasteiger partial charge is 0.336 e. The lowest BCUT2D eigenvalue weighted by Gasteiger charge is -2.02. The molecule has 0 amide bonds. The van der Waals surface area contributed by atoms with E-state index < -0.39 is 5.97 Å². The summed E-state index contributed by atoms with van der Waals surface area (Å²) in [6, 6.07) is 6.99. The van der Waals surface area contributed by atoms with Crippen LogP contribution < -0.4 is 0 Å². The summed E-state index contributed by atoms with van der Waals surface area (Å²) in [5.41, 5.74) is 1.03. The first kappa shape index (κ1) is 10.6. The molecule has 0 spiro atoms. The van der Waals surface area contributed by atoms with E-state index in [2.05, 4.69) is 12.6 Å². The van der Waals surface area contributed by atoms with E-state index in [-0.39, 0.29) is 5.56 Å². The molecule has 0 heterocycles. The predicted molar refractivity (Wildman–Crippen MR) is 54.6 cm³/mol. The van der Waals surface area contributed by atoms with Gasteiger partial charge in [-0.2, -0.15) is 5.26 Å². The van der Waals surface area contributed by atoms with E-state index in [9.17, 15) is 4.79 Å². The molecule has 0 bridgehead atoms. The van der Waals surface area contributed by atoms with Gasteiger partial charge in [0.05, 0.1) is 11.6 Å². The minimum Gasteiger partial charge on any atom is -0.478 e. The fourth-order valence-corrected chi connectivity index (χ4v) is 1.34. The third-order valence-electron chi connectivity index (χ3n) is 1.82. The number of nitrogens with zero attached hydrogens (tertiary/aromatic N) is 1. The molecule has 1 N–H and O–H groups in total. The maximum Gasteiger partial charge on any atom is 0.336 e. The molecule has 0 aliphatic heterocycles. The second-order valence-corrected chi connectivity index (χ2v) is 3.30. The summed E-state index contributed by atoms with van der Waals surface area (Å²) in [5.74, 6) is -0.992. The van der Waals surface area contributed by atoms with Crippen LogP contribution in [0.1, 0.15) is 22.3 Å². The zero-order valence-corrected chi connectivity index (χ0v) is 8.29. The van der Waals surface area contributed by atoms with Gasteiger partial charge in [0, 0.05) is 11.3 Å². The van der Waals surface area contributed by atoms with Gasteiger partial charge in [-0.15, -0.1) is 12.6 Å². The van der Waals surface area contributed by atoms with Crippen molar-refractivity contribution >= 4 is 18.6 Å². The molecular weight excluding hydrogens is 198 g/mol. The van der Waals surface area contributed by atoms with Crippen molar-refractivity contribution in [2.24, 2.45) is 0 Å². The molecule has 0 atom stereocenters. The van der Waals surface area contributed by atoms with Crippen molar-refractivity contribution in [2.75, 3.05) is 0 Å². The maximum atomic E-state index is 10.7. The molecule has 3 nitrogen and oxygen atoms in total. The van der Waals surface area contributed by atoms with E-state index in [1.165, 1.54) is 0 Å². The number of aryl methyl sites for hydroxylation is 1. The molecule has 0 aromatic heterocycles. The molecule has 0 aliphatic carbocycles. The summed E-state index contributed by atoms with van der Waals surface area (Å²) in [6.07, 6.45) is 0.968. The van der Waals surface area contributed by atoms with Gasteiger partial charge in [0.25, 0.3) is 0 Å². The Labute approximate surface area is 87.4 Å². The summed E-state index contributed by atoms with van der Waals surface area (Å²) in [5, 5.41) is 17.2. The summed E-state index contributed by atoms with van der Waals surface area (Å²) in [4.78, 5) is 11.2. The number of carbonyl (C=O) groups is 1. The van der Waals surface area contributed by atoms with Crippen molar-refractivity contribution in [1.29, 1.82) is 5.26 Å². The molecule has 0 saturated heterocycles. The van der Waals surface area contributed by atoms with Crippen molar-refractivity contribution in [3.63, 3.8) is 0 Å². The van der Waals surface area contributed by atoms with Gasteiger partial charge in [-0.3, -0.25) is 0 Å². The minimum atomic E-state index is -0.992. The maximum absolute atomic E-state index is 10.7. The summed E-state index contributed by atoms with van der Waals surface area (Å²) in [6.45, 7) is 0. The number of hydrogen-bond acceptors (Lipinski definition) is 3. The first-order valence-corrected chi connectivity index (χ1v) is 4.52. The zero-order chi connectivity index (χ0) is 10.6. The Balaban J connectivity index is 2.96. The van der Waals surface area contributed by atoms with Gasteiger partial charge >= 0.3 is 5.97 Å². The fraction of sp³-hybridized carbons (Fsp3) is 0.200. The number of nitriles is 1. The van der Waals surface area contributed by atoms with Gasteiger partial charge in [0.2, 0.25) is 0 Å². The molecule has 1 aromatic carbocycles. The topological polar surface area (TPSA) is 61.1 Å². The Morgan fingerprint density at radius 2 is 2.29 bits per heavy atom. The van der Waals surface area contributed by atoms with Crippen molar-refractivity contribution < 1.29 is 9.90 Å². The lowest BCUT2D eigenvalue weighted by Crippen LogP contribution is -1.99. The molecule has 0 fully saturated rings. The van der Waals surface area contributed by atoms with Gasteiger partial charge in [-0.05, 0) is 24.1 Å². The number of benzene rings is 1. The first-order chi connectivity index (χ1) is 6.65. The van der Waals surface area contributed by atoms with E-state index in [1.807, 2.05) is 6.07 Å². The predicted octanol–water partition coefficient (Wildman–Crippen LogP) is 2.13. The van der Waals surface area contributed by atoms with Crippen molar-refractivity contribution in [2.45, 2.75) is 17.7 Å². The van der Waals surface area contributed by atoms with Crippen LogP contribution in [0.3, 0.4) is 0 Å². The molecule has 0 saturated carbocycles. The third kappa shape index (κ3) is 2.51. The van der Waals surface area contributed by atoms with Gasteiger partial charge in [-0.25, -0.2) is 4.79 Å². The van der Waals surface area contributed by atoms with Crippen LogP contribution in [0.15, 0.2) is 23.1 Å². The number of carboxylic acid groups (broad SMARTS) is 1. The first-order valence-electron chi connectivity index (χ1n) is 4.07. The zero-order valence-electron chi connectivity index (χ0n) is 7.40. The van der Waals surface area contributed by atoms with Crippen LogP contribution in [0.4, 0.5) is 0 Å². The molecule has 4 heteroatoms. The summed E-state index contributed by atoms with van der Waals surface area (Å²) < 4.78 is 0. The highest BCUT2D eigenvalue weighted by Gasteiger charge is 2.07. The monoisotopic (exact) mass is 207 g/mol. The number of aromatic carboxylic acids is 1. The molecule has 1 aromatic rings. The van der Waals surface area contributed by atoms with Crippen molar-refractivity contribution in [3.8, 4) is 6.07 Å². The van der Waals surface area contributed by atoms with Gasteiger partial charge < -0.3 is 5.11 Å². The summed E-state index contributed by atoms with van der Waals surface area (Å²) in [7, 11) is 0. The number of thiol groups is 1. The fourth-order valence-electron chi connectivity index (χ4n) is 1.11. The highest BCUT2D eigenvalue weighted by molar-refractivity contribution is 7.80. The standard InChI is InChI=1S/C10H9NO2S/c11-5-1-2-7-3-4-9(14)8(6-7)10(12)13/h3-4,6,14H,1-2H2,(H,12,13). The van der Waals surface area contributed by atoms with Crippen molar-refractivity contribution in [1.82, 2.24) is 0 Å². The largest absolute Gasteiger partial charge is 0.478 e. The van der Waals surface area contributed by atoms with E-state index in [0.29, 0.717) is 17.7 Å². The quantitative estimate of drug-likeness (QED) is 0.746. The molecule has 14 heavy (non-hydrogen) atoms. The second kappa shape index (κ2) is 4.68. The molecule has 1 rings (SSSR count). The van der Waals surface area contributed by atoms with Crippen LogP contribution in [0, 0.1) is 11.3 Å². The number of carboxylic acids is 1. The molecule has 0 unspecified atom stereocenters. The van der Waals surface area contributed by atoms with Crippen LogP contribution in [0.2, 0.25) is 0 Å². The molecule has 0 radical (unpaired) electrons. The lowest BCUT2D eigenvalue weighted by atomic mass is 10.1. The number of rotatable bonds is 3. The highest BCUT2D eigenvalue weighted by Crippen LogP contribution is 2.16.